The van der Waals surface area contributed by atoms with Gasteiger partial charge in [-0.25, -0.2) is 9.59 Å². The number of amides is 4. The summed E-state index contributed by atoms with van der Waals surface area (Å²) in [5, 5.41) is 5.34. The van der Waals surface area contributed by atoms with E-state index < -0.39 is 29.9 Å². The number of aryl methyl sites for hydroxylation is 2. The van der Waals surface area contributed by atoms with Gasteiger partial charge < -0.3 is 25.2 Å². The fraction of sp³-hybridized carbons (Fsp3) is 0.200. The molecule has 0 saturated heterocycles. The van der Waals surface area contributed by atoms with Crippen LogP contribution in [0.15, 0.2) is 91.1 Å². The summed E-state index contributed by atoms with van der Waals surface area (Å²) in [6, 6.07) is 21.4. The molecule has 4 aromatic rings. The molecule has 0 aliphatic carbocycles. The lowest BCUT2D eigenvalue weighted by Gasteiger charge is -2.25. The zero-order valence-corrected chi connectivity index (χ0v) is 25.7. The van der Waals surface area contributed by atoms with Gasteiger partial charge in [-0.3, -0.25) is 19.4 Å². The maximum Gasteiger partial charge on any atom is 0.338 e. The number of pyridine rings is 1. The van der Waals surface area contributed by atoms with Crippen LogP contribution in [0.4, 0.5) is 21.9 Å². The van der Waals surface area contributed by atoms with E-state index >= 15 is 0 Å². The standard InChI is InChI=1S/C35H33N5O6/c1-4-46-34(44)24-11-9-12-25(19-24)37-35(45)38-28-20-39(32(42)27-14-7-8-17-36-27)29-16-15-22(2)18-30(29)40(33(28)43)21-31(41)26-13-6-5-10-23(26)3/h5-19,28H,4,20-21H2,1-3H3,(H2,37,38,45). The molecule has 4 amide bonds. The molecule has 0 fully saturated rings. The zero-order valence-electron chi connectivity index (χ0n) is 25.7. The Hall–Kier alpha value is -5.84. The molecule has 2 heterocycles. The number of nitrogens with zero attached hydrogens (tertiary/aromatic N) is 3. The summed E-state index contributed by atoms with van der Waals surface area (Å²) in [6.07, 6.45) is 1.49. The highest BCUT2D eigenvalue weighted by Gasteiger charge is 2.38. The minimum Gasteiger partial charge on any atom is -0.462 e. The molecule has 11 nitrogen and oxygen atoms in total. The molecule has 46 heavy (non-hydrogen) atoms. The number of benzene rings is 3. The number of anilines is 3. The van der Waals surface area contributed by atoms with Gasteiger partial charge in [0, 0.05) is 17.4 Å². The van der Waals surface area contributed by atoms with E-state index in [2.05, 4.69) is 15.6 Å². The lowest BCUT2D eigenvalue weighted by atomic mass is 10.0. The minimum atomic E-state index is -1.27. The number of rotatable bonds is 8. The number of urea groups is 1. The second-order valence-electron chi connectivity index (χ2n) is 10.7. The van der Waals surface area contributed by atoms with Gasteiger partial charge in [0.15, 0.2) is 5.78 Å². The van der Waals surface area contributed by atoms with Gasteiger partial charge in [-0.2, -0.15) is 0 Å². The summed E-state index contributed by atoms with van der Waals surface area (Å²) in [7, 11) is 0. The van der Waals surface area contributed by atoms with Crippen LogP contribution >= 0.6 is 0 Å². The third kappa shape index (κ3) is 6.94. The van der Waals surface area contributed by atoms with Gasteiger partial charge in [-0.05, 0) is 74.4 Å². The van der Waals surface area contributed by atoms with Gasteiger partial charge in [-0.1, -0.05) is 42.5 Å². The number of Topliss-reactive ketones (excluding diaryl/α,β-unsaturated/α-hetero) is 1. The van der Waals surface area contributed by atoms with E-state index in [0.29, 0.717) is 16.9 Å². The molecular weight excluding hydrogens is 586 g/mol. The fourth-order valence-electron chi connectivity index (χ4n) is 5.21. The van der Waals surface area contributed by atoms with Gasteiger partial charge in [-0.15, -0.1) is 0 Å². The van der Waals surface area contributed by atoms with E-state index in [4.69, 9.17) is 4.74 Å². The first-order valence-electron chi connectivity index (χ1n) is 14.7. The Kier molecular flexibility index (Phi) is 9.51. The molecule has 2 N–H and O–H groups in total. The van der Waals surface area contributed by atoms with Gasteiger partial charge in [0.2, 0.25) is 0 Å². The van der Waals surface area contributed by atoms with Crippen molar-refractivity contribution in [2.45, 2.75) is 26.8 Å². The van der Waals surface area contributed by atoms with E-state index in [1.165, 1.54) is 22.1 Å². The number of fused-ring (bicyclic) bond motifs is 1. The van der Waals surface area contributed by atoms with Crippen LogP contribution in [0.25, 0.3) is 0 Å². The van der Waals surface area contributed by atoms with Crippen molar-refractivity contribution in [1.82, 2.24) is 10.3 Å². The molecule has 5 rings (SSSR count). The highest BCUT2D eigenvalue weighted by molar-refractivity contribution is 6.15. The molecule has 1 aliphatic heterocycles. The molecule has 1 aromatic heterocycles. The maximum atomic E-state index is 14.3. The van der Waals surface area contributed by atoms with Crippen LogP contribution in [0.5, 0.6) is 0 Å². The number of nitrogens with one attached hydrogen (secondary N) is 2. The average molecular weight is 620 g/mol. The number of aromatic nitrogens is 1. The largest absolute Gasteiger partial charge is 0.462 e. The second kappa shape index (κ2) is 13.9. The predicted octanol–water partition coefficient (Wildman–Crippen LogP) is 4.94. The number of ether oxygens (including phenoxy) is 1. The molecule has 1 aliphatic rings. The highest BCUT2D eigenvalue weighted by atomic mass is 16.5. The van der Waals surface area contributed by atoms with E-state index in [1.54, 1.807) is 73.7 Å². The smallest absolute Gasteiger partial charge is 0.338 e. The third-order valence-electron chi connectivity index (χ3n) is 7.46. The molecular formula is C35H33N5O6. The van der Waals surface area contributed by atoms with Crippen LogP contribution in [0.2, 0.25) is 0 Å². The van der Waals surface area contributed by atoms with Crippen LogP contribution in [0, 0.1) is 13.8 Å². The molecule has 3 aromatic carbocycles. The Morgan fingerprint density at radius 1 is 0.913 bits per heavy atom. The van der Waals surface area contributed by atoms with Crippen molar-refractivity contribution < 1.29 is 28.7 Å². The first-order valence-corrected chi connectivity index (χ1v) is 14.7. The summed E-state index contributed by atoms with van der Waals surface area (Å²) in [5.41, 5.74) is 3.42. The van der Waals surface area contributed by atoms with Crippen molar-refractivity contribution in [3.8, 4) is 0 Å². The van der Waals surface area contributed by atoms with Crippen molar-refractivity contribution in [3.05, 3.63) is 119 Å². The lowest BCUT2D eigenvalue weighted by molar-refractivity contribution is -0.119. The summed E-state index contributed by atoms with van der Waals surface area (Å²) in [5.74, 6) is -1.92. The van der Waals surface area contributed by atoms with E-state index in [1.807, 2.05) is 26.0 Å². The first-order chi connectivity index (χ1) is 22.2. The molecule has 1 atom stereocenters. The Balaban J connectivity index is 1.51. The monoisotopic (exact) mass is 619 g/mol. The molecule has 1 unspecified atom stereocenters. The van der Waals surface area contributed by atoms with Gasteiger partial charge in [0.25, 0.3) is 11.8 Å². The molecule has 234 valence electrons. The first kappa shape index (κ1) is 31.6. The normalized spacial score (nSPS) is 14.2. The number of carbonyl (C=O) groups excluding carboxylic acids is 5. The third-order valence-corrected chi connectivity index (χ3v) is 7.46. The molecule has 0 bridgehead atoms. The Labute approximate surface area is 266 Å². The Bertz CT molecular complexity index is 1810. The SMILES string of the molecule is CCOC(=O)c1cccc(NC(=O)NC2CN(C(=O)c3ccccn3)c3ccc(C)cc3N(CC(=O)c3ccccc3C)C2=O)c1. The topological polar surface area (TPSA) is 138 Å². The predicted molar refractivity (Wildman–Crippen MR) is 173 cm³/mol. The average Bonchev–Trinajstić information content (AvgIpc) is 3.15. The number of ketones is 1. The summed E-state index contributed by atoms with van der Waals surface area (Å²) < 4.78 is 5.04. The number of hydrogen-bond donors (Lipinski definition) is 2. The fourth-order valence-corrected chi connectivity index (χ4v) is 5.21. The minimum absolute atomic E-state index is 0.143. The highest BCUT2D eigenvalue weighted by Crippen LogP contribution is 2.35. The summed E-state index contributed by atoms with van der Waals surface area (Å²) in [4.78, 5) is 74.2. The van der Waals surface area contributed by atoms with Crippen molar-refractivity contribution in [2.24, 2.45) is 0 Å². The lowest BCUT2D eigenvalue weighted by Crippen LogP contribution is -2.54. The molecule has 0 radical (unpaired) electrons. The Morgan fingerprint density at radius 3 is 2.43 bits per heavy atom. The van der Waals surface area contributed by atoms with E-state index in [9.17, 15) is 24.0 Å². The van der Waals surface area contributed by atoms with Crippen molar-refractivity contribution >= 4 is 46.7 Å². The van der Waals surface area contributed by atoms with Gasteiger partial charge >= 0.3 is 12.0 Å². The maximum absolute atomic E-state index is 14.3. The van der Waals surface area contributed by atoms with Crippen LogP contribution < -0.4 is 20.4 Å². The summed E-state index contributed by atoms with van der Waals surface area (Å²) >= 11 is 0. The van der Waals surface area contributed by atoms with Crippen molar-refractivity contribution in [1.29, 1.82) is 0 Å². The number of esters is 1. The quantitative estimate of drug-likeness (QED) is 0.210. The number of carbonyl (C=O) groups is 5. The van der Waals surface area contributed by atoms with Crippen LogP contribution in [0.3, 0.4) is 0 Å². The molecule has 0 spiro atoms. The van der Waals surface area contributed by atoms with Crippen LogP contribution in [-0.2, 0) is 9.53 Å². The molecule has 0 saturated carbocycles. The van der Waals surface area contributed by atoms with Crippen LogP contribution in [0.1, 0.15) is 49.3 Å². The van der Waals surface area contributed by atoms with Gasteiger partial charge in [0.05, 0.1) is 36.6 Å². The van der Waals surface area contributed by atoms with E-state index in [0.717, 1.165) is 11.1 Å². The van der Waals surface area contributed by atoms with E-state index in [-0.39, 0.29) is 42.4 Å². The van der Waals surface area contributed by atoms with Crippen molar-refractivity contribution in [2.75, 3.05) is 34.8 Å². The number of hydrogen-bond acceptors (Lipinski definition) is 7. The second-order valence-corrected chi connectivity index (χ2v) is 10.7. The van der Waals surface area contributed by atoms with Crippen molar-refractivity contribution in [3.63, 3.8) is 0 Å². The van der Waals surface area contributed by atoms with Gasteiger partial charge in [0.1, 0.15) is 11.7 Å². The zero-order chi connectivity index (χ0) is 32.8. The molecule has 11 heteroatoms. The Morgan fingerprint density at radius 2 is 1.70 bits per heavy atom. The summed E-state index contributed by atoms with van der Waals surface area (Å²) in [6.45, 7) is 4.97. The van der Waals surface area contributed by atoms with Crippen LogP contribution in [-0.4, -0.2) is 60.3 Å².